The Labute approximate surface area is 135 Å². The van der Waals surface area contributed by atoms with Gasteiger partial charge < -0.3 is 4.90 Å². The molecule has 5 nitrogen and oxygen atoms in total. The molecular weight excluding hydrogens is 324 g/mol. The molecule has 0 saturated carbocycles. The third kappa shape index (κ3) is 3.14. The first-order chi connectivity index (χ1) is 10.5. The standard InChI is InChI=1S/C15H19ClN2O3S/c16-13-6-4-12(5-7-13)14-3-1-9-18(14)15(19)11-17-8-2-10-22(17,20)21/h4-7,14H,1-3,8-11H2. The molecule has 0 bridgehead atoms. The minimum absolute atomic E-state index is 0.0232. The molecule has 1 unspecified atom stereocenters. The van der Waals surface area contributed by atoms with Crippen LogP contribution in [0.4, 0.5) is 0 Å². The topological polar surface area (TPSA) is 57.7 Å². The lowest BCUT2D eigenvalue weighted by molar-refractivity contribution is -0.132. The van der Waals surface area contributed by atoms with E-state index in [0.29, 0.717) is 24.5 Å². The van der Waals surface area contributed by atoms with E-state index in [1.54, 1.807) is 4.90 Å². The summed E-state index contributed by atoms with van der Waals surface area (Å²) < 4.78 is 25.0. The van der Waals surface area contributed by atoms with Crippen molar-refractivity contribution in [3.05, 3.63) is 34.9 Å². The van der Waals surface area contributed by atoms with Crippen LogP contribution in [-0.4, -0.2) is 48.9 Å². The Morgan fingerprint density at radius 3 is 2.55 bits per heavy atom. The number of hydrogen-bond donors (Lipinski definition) is 0. The Balaban J connectivity index is 1.72. The fraction of sp³-hybridized carbons (Fsp3) is 0.533. The van der Waals surface area contributed by atoms with Crippen LogP contribution in [0.25, 0.3) is 0 Å². The fourth-order valence-electron chi connectivity index (χ4n) is 3.21. The van der Waals surface area contributed by atoms with Crippen LogP contribution >= 0.6 is 11.6 Å². The van der Waals surface area contributed by atoms with Crippen molar-refractivity contribution >= 4 is 27.5 Å². The van der Waals surface area contributed by atoms with Crippen molar-refractivity contribution in [1.82, 2.24) is 9.21 Å². The summed E-state index contributed by atoms with van der Waals surface area (Å²) in [6.07, 6.45) is 2.45. The van der Waals surface area contributed by atoms with Gasteiger partial charge in [0, 0.05) is 18.1 Å². The number of amides is 1. The molecule has 7 heteroatoms. The first-order valence-corrected chi connectivity index (χ1v) is 9.49. The average molecular weight is 343 g/mol. The van der Waals surface area contributed by atoms with Gasteiger partial charge in [-0.3, -0.25) is 4.79 Å². The number of benzene rings is 1. The van der Waals surface area contributed by atoms with Crippen LogP contribution < -0.4 is 0 Å². The lowest BCUT2D eigenvalue weighted by Crippen LogP contribution is -2.40. The van der Waals surface area contributed by atoms with Gasteiger partial charge in [-0.15, -0.1) is 0 Å². The van der Waals surface area contributed by atoms with Gasteiger partial charge in [-0.05, 0) is 37.0 Å². The fourth-order valence-corrected chi connectivity index (χ4v) is 4.80. The summed E-state index contributed by atoms with van der Waals surface area (Å²) in [5.41, 5.74) is 1.06. The first-order valence-electron chi connectivity index (χ1n) is 7.50. The van der Waals surface area contributed by atoms with E-state index in [2.05, 4.69) is 0 Å². The number of halogens is 1. The summed E-state index contributed by atoms with van der Waals surface area (Å²) >= 11 is 5.91. The van der Waals surface area contributed by atoms with Gasteiger partial charge in [0.25, 0.3) is 0 Å². The van der Waals surface area contributed by atoms with Gasteiger partial charge in [-0.2, -0.15) is 4.31 Å². The molecule has 2 heterocycles. The molecule has 2 aliphatic rings. The third-order valence-electron chi connectivity index (χ3n) is 4.34. The van der Waals surface area contributed by atoms with Gasteiger partial charge in [0.2, 0.25) is 15.9 Å². The number of sulfonamides is 1. The zero-order chi connectivity index (χ0) is 15.7. The van der Waals surface area contributed by atoms with E-state index >= 15 is 0 Å². The quantitative estimate of drug-likeness (QED) is 0.844. The second kappa shape index (κ2) is 6.18. The predicted molar refractivity (Wildman–Crippen MR) is 85.1 cm³/mol. The second-order valence-corrected chi connectivity index (χ2v) is 8.32. The van der Waals surface area contributed by atoms with Gasteiger partial charge in [0.05, 0.1) is 18.3 Å². The zero-order valence-corrected chi connectivity index (χ0v) is 13.8. The maximum atomic E-state index is 12.5. The van der Waals surface area contributed by atoms with E-state index in [0.717, 1.165) is 18.4 Å². The van der Waals surface area contributed by atoms with Crippen LogP contribution in [0.3, 0.4) is 0 Å². The monoisotopic (exact) mass is 342 g/mol. The maximum absolute atomic E-state index is 12.5. The highest BCUT2D eigenvalue weighted by molar-refractivity contribution is 7.89. The van der Waals surface area contributed by atoms with Crippen LogP contribution in [0.5, 0.6) is 0 Å². The van der Waals surface area contributed by atoms with E-state index in [9.17, 15) is 13.2 Å². The van der Waals surface area contributed by atoms with E-state index in [-0.39, 0.29) is 24.2 Å². The lowest BCUT2D eigenvalue weighted by Gasteiger charge is -2.27. The van der Waals surface area contributed by atoms with Crippen LogP contribution in [0, 0.1) is 0 Å². The number of hydrogen-bond acceptors (Lipinski definition) is 3. The highest BCUT2D eigenvalue weighted by atomic mass is 35.5. The average Bonchev–Trinajstić information content (AvgIpc) is 3.07. The highest BCUT2D eigenvalue weighted by Crippen LogP contribution is 2.32. The van der Waals surface area contributed by atoms with Gasteiger partial charge in [-0.1, -0.05) is 23.7 Å². The van der Waals surface area contributed by atoms with E-state index in [4.69, 9.17) is 11.6 Å². The molecule has 2 saturated heterocycles. The Bertz CT molecular complexity index is 660. The second-order valence-electron chi connectivity index (χ2n) is 5.80. The van der Waals surface area contributed by atoms with Crippen LogP contribution in [0.15, 0.2) is 24.3 Å². The minimum Gasteiger partial charge on any atom is -0.335 e. The molecule has 0 aliphatic carbocycles. The highest BCUT2D eigenvalue weighted by Gasteiger charge is 2.35. The van der Waals surface area contributed by atoms with Crippen molar-refractivity contribution < 1.29 is 13.2 Å². The van der Waals surface area contributed by atoms with Gasteiger partial charge >= 0.3 is 0 Å². The SMILES string of the molecule is O=C(CN1CCCS1(=O)=O)N1CCCC1c1ccc(Cl)cc1. The minimum atomic E-state index is -3.23. The molecule has 1 aromatic carbocycles. The lowest BCUT2D eigenvalue weighted by atomic mass is 10.0. The molecule has 2 aliphatic heterocycles. The van der Waals surface area contributed by atoms with Crippen molar-refractivity contribution in [3.8, 4) is 0 Å². The van der Waals surface area contributed by atoms with Crippen LogP contribution in [0.1, 0.15) is 30.9 Å². The molecule has 0 spiro atoms. The summed E-state index contributed by atoms with van der Waals surface area (Å²) in [4.78, 5) is 14.3. The number of carbonyl (C=O) groups is 1. The van der Waals surface area contributed by atoms with Crippen molar-refractivity contribution in [2.24, 2.45) is 0 Å². The Morgan fingerprint density at radius 2 is 1.91 bits per heavy atom. The maximum Gasteiger partial charge on any atom is 0.238 e. The largest absolute Gasteiger partial charge is 0.335 e. The molecule has 0 radical (unpaired) electrons. The Hall–Kier alpha value is -1.11. The summed E-state index contributed by atoms with van der Waals surface area (Å²) in [5.74, 6) is 0.0453. The smallest absolute Gasteiger partial charge is 0.238 e. The summed E-state index contributed by atoms with van der Waals surface area (Å²) in [5, 5.41) is 0.669. The van der Waals surface area contributed by atoms with Crippen molar-refractivity contribution in [1.29, 1.82) is 0 Å². The Kier molecular flexibility index (Phi) is 4.43. The molecule has 0 aromatic heterocycles. The van der Waals surface area contributed by atoms with Crippen molar-refractivity contribution in [3.63, 3.8) is 0 Å². The molecule has 120 valence electrons. The number of likely N-dealkylation sites (tertiary alicyclic amines) is 1. The normalized spacial score (nSPS) is 24.8. The van der Waals surface area contributed by atoms with Gasteiger partial charge in [-0.25, -0.2) is 8.42 Å². The van der Waals surface area contributed by atoms with Crippen LogP contribution in [-0.2, 0) is 14.8 Å². The first kappa shape index (κ1) is 15.8. The van der Waals surface area contributed by atoms with E-state index in [1.165, 1.54) is 4.31 Å². The number of rotatable bonds is 3. The van der Waals surface area contributed by atoms with E-state index < -0.39 is 10.0 Å². The molecular formula is C15H19ClN2O3S. The van der Waals surface area contributed by atoms with E-state index in [1.807, 2.05) is 24.3 Å². The molecule has 3 rings (SSSR count). The zero-order valence-electron chi connectivity index (χ0n) is 12.2. The van der Waals surface area contributed by atoms with Crippen LogP contribution in [0.2, 0.25) is 5.02 Å². The van der Waals surface area contributed by atoms with Crippen molar-refractivity contribution in [2.75, 3.05) is 25.4 Å². The molecule has 1 aromatic rings. The van der Waals surface area contributed by atoms with Gasteiger partial charge in [0.1, 0.15) is 0 Å². The third-order valence-corrected chi connectivity index (χ3v) is 6.50. The number of carbonyl (C=O) groups excluding carboxylic acids is 1. The predicted octanol–water partition coefficient (Wildman–Crippen LogP) is 2.04. The molecule has 0 N–H and O–H groups in total. The summed E-state index contributed by atoms with van der Waals surface area (Å²) in [7, 11) is -3.23. The van der Waals surface area contributed by atoms with Crippen molar-refractivity contribution in [2.45, 2.75) is 25.3 Å². The molecule has 2 fully saturated rings. The molecule has 1 amide bonds. The summed E-state index contributed by atoms with van der Waals surface area (Å²) in [6.45, 7) is 1.10. The van der Waals surface area contributed by atoms with Gasteiger partial charge in [0.15, 0.2) is 0 Å². The summed E-state index contributed by atoms with van der Waals surface area (Å²) in [6, 6.07) is 7.54. The Morgan fingerprint density at radius 1 is 1.18 bits per heavy atom. The number of nitrogens with zero attached hydrogens (tertiary/aromatic N) is 2. The molecule has 22 heavy (non-hydrogen) atoms. The molecule has 1 atom stereocenters.